The van der Waals surface area contributed by atoms with Gasteiger partial charge in [0.2, 0.25) is 0 Å². The van der Waals surface area contributed by atoms with Gasteiger partial charge in [-0.15, -0.1) is 0 Å². The van der Waals surface area contributed by atoms with E-state index < -0.39 is 0 Å². The van der Waals surface area contributed by atoms with Crippen LogP contribution < -0.4 is 5.32 Å². The average Bonchev–Trinajstić information content (AvgIpc) is 2.64. The zero-order chi connectivity index (χ0) is 18.5. The fraction of sp³-hybridized carbons (Fsp3) is 0.381. The summed E-state index contributed by atoms with van der Waals surface area (Å²) in [5, 5.41) is 4.35. The van der Waals surface area contributed by atoms with Crippen LogP contribution in [0.3, 0.4) is 0 Å². The SMILES string of the molecule is CC(OC(=O)c1ccccc1)[C@H]1CN[C@@H](Cc2ccc(Cl)cc2)CN1C. The zero-order valence-corrected chi connectivity index (χ0v) is 15.9. The summed E-state index contributed by atoms with van der Waals surface area (Å²) in [7, 11) is 2.09. The summed E-state index contributed by atoms with van der Waals surface area (Å²) in [6.07, 6.45) is 0.767. The second-order valence-corrected chi connectivity index (χ2v) is 7.36. The molecule has 2 aromatic rings. The smallest absolute Gasteiger partial charge is 0.338 e. The van der Waals surface area contributed by atoms with E-state index in [1.807, 2.05) is 37.3 Å². The van der Waals surface area contributed by atoms with Gasteiger partial charge in [-0.3, -0.25) is 4.90 Å². The molecular weight excluding hydrogens is 348 g/mol. The highest BCUT2D eigenvalue weighted by Crippen LogP contribution is 2.17. The average molecular weight is 373 g/mol. The van der Waals surface area contributed by atoms with Crippen molar-refractivity contribution in [2.24, 2.45) is 0 Å². The summed E-state index contributed by atoms with van der Waals surface area (Å²) >= 11 is 5.95. The highest BCUT2D eigenvalue weighted by Gasteiger charge is 2.31. The molecule has 4 nitrogen and oxygen atoms in total. The summed E-state index contributed by atoms with van der Waals surface area (Å²) in [5.74, 6) is -0.269. The van der Waals surface area contributed by atoms with Gasteiger partial charge in [-0.25, -0.2) is 4.79 Å². The van der Waals surface area contributed by atoms with Crippen molar-refractivity contribution in [3.63, 3.8) is 0 Å². The number of piperazine rings is 1. The van der Waals surface area contributed by atoms with Crippen LogP contribution in [0.25, 0.3) is 0 Å². The van der Waals surface area contributed by atoms with Crippen molar-refractivity contribution < 1.29 is 9.53 Å². The van der Waals surface area contributed by atoms with E-state index in [1.165, 1.54) is 5.56 Å². The number of hydrogen-bond donors (Lipinski definition) is 1. The first-order valence-corrected chi connectivity index (χ1v) is 9.35. The number of hydrogen-bond acceptors (Lipinski definition) is 4. The molecule has 0 saturated carbocycles. The number of rotatable bonds is 5. The molecule has 3 atom stereocenters. The Morgan fingerprint density at radius 3 is 2.58 bits per heavy atom. The van der Waals surface area contributed by atoms with Crippen LogP contribution in [-0.4, -0.2) is 49.2 Å². The first kappa shape index (κ1) is 18.9. The Kier molecular flexibility index (Phi) is 6.30. The molecule has 0 aromatic heterocycles. The van der Waals surface area contributed by atoms with Gasteiger partial charge in [0.25, 0.3) is 0 Å². The lowest BCUT2D eigenvalue weighted by Crippen LogP contribution is -2.59. The third-order valence-electron chi connectivity index (χ3n) is 4.93. The van der Waals surface area contributed by atoms with Crippen molar-refractivity contribution in [3.05, 3.63) is 70.7 Å². The Labute approximate surface area is 160 Å². The van der Waals surface area contributed by atoms with Gasteiger partial charge in [-0.05, 0) is 50.2 Å². The van der Waals surface area contributed by atoms with Gasteiger partial charge >= 0.3 is 5.97 Å². The van der Waals surface area contributed by atoms with Crippen molar-refractivity contribution in [1.29, 1.82) is 0 Å². The lowest BCUT2D eigenvalue weighted by molar-refractivity contribution is 0.000324. The van der Waals surface area contributed by atoms with Gasteiger partial charge < -0.3 is 10.1 Å². The van der Waals surface area contributed by atoms with Crippen LogP contribution in [0, 0.1) is 0 Å². The predicted molar refractivity (Wildman–Crippen MR) is 105 cm³/mol. The molecule has 0 radical (unpaired) electrons. The third-order valence-corrected chi connectivity index (χ3v) is 5.18. The van der Waals surface area contributed by atoms with Crippen LogP contribution in [0.1, 0.15) is 22.8 Å². The van der Waals surface area contributed by atoms with E-state index in [2.05, 4.69) is 29.4 Å². The maximum absolute atomic E-state index is 12.3. The van der Waals surface area contributed by atoms with E-state index in [0.29, 0.717) is 11.6 Å². The van der Waals surface area contributed by atoms with Crippen molar-refractivity contribution >= 4 is 17.6 Å². The first-order chi connectivity index (χ1) is 12.5. The number of benzene rings is 2. The van der Waals surface area contributed by atoms with Gasteiger partial charge in [0.1, 0.15) is 6.10 Å². The molecule has 0 aliphatic carbocycles. The lowest BCUT2D eigenvalue weighted by Gasteiger charge is -2.40. The molecule has 1 saturated heterocycles. The molecule has 0 spiro atoms. The summed E-state index contributed by atoms with van der Waals surface area (Å²) < 4.78 is 5.68. The number of ether oxygens (including phenoxy) is 1. The molecule has 1 aliphatic heterocycles. The van der Waals surface area contributed by atoms with Crippen molar-refractivity contribution in [3.8, 4) is 0 Å². The van der Waals surface area contributed by atoms with E-state index in [4.69, 9.17) is 16.3 Å². The quantitative estimate of drug-likeness (QED) is 0.817. The minimum atomic E-state index is -0.269. The Morgan fingerprint density at radius 1 is 1.23 bits per heavy atom. The van der Waals surface area contributed by atoms with E-state index >= 15 is 0 Å². The van der Waals surface area contributed by atoms with Crippen LogP contribution in [0.2, 0.25) is 5.02 Å². The zero-order valence-electron chi connectivity index (χ0n) is 15.2. The monoisotopic (exact) mass is 372 g/mol. The van der Waals surface area contributed by atoms with Crippen molar-refractivity contribution in [2.75, 3.05) is 20.1 Å². The minimum absolute atomic E-state index is 0.157. The molecule has 1 aliphatic rings. The fourth-order valence-electron chi connectivity index (χ4n) is 3.45. The maximum Gasteiger partial charge on any atom is 0.338 e. The van der Waals surface area contributed by atoms with Crippen molar-refractivity contribution in [2.45, 2.75) is 31.5 Å². The second-order valence-electron chi connectivity index (χ2n) is 6.92. The molecule has 0 bridgehead atoms. The molecule has 1 heterocycles. The first-order valence-electron chi connectivity index (χ1n) is 8.97. The largest absolute Gasteiger partial charge is 0.457 e. The maximum atomic E-state index is 12.3. The van der Waals surface area contributed by atoms with Gasteiger partial charge in [-0.2, -0.15) is 0 Å². The number of carbonyl (C=O) groups excluding carboxylic acids is 1. The van der Waals surface area contributed by atoms with E-state index in [0.717, 1.165) is 24.5 Å². The summed E-state index contributed by atoms with van der Waals surface area (Å²) in [5.41, 5.74) is 1.86. The van der Waals surface area contributed by atoms with Crippen molar-refractivity contribution in [1.82, 2.24) is 10.2 Å². The van der Waals surface area contributed by atoms with Crippen LogP contribution in [0.15, 0.2) is 54.6 Å². The van der Waals surface area contributed by atoms with E-state index in [1.54, 1.807) is 12.1 Å². The molecular formula is C21H25ClN2O2. The van der Waals surface area contributed by atoms with Gasteiger partial charge in [0.15, 0.2) is 0 Å². The number of esters is 1. The number of nitrogens with one attached hydrogen (secondary N) is 1. The predicted octanol–water partition coefficient (Wildman–Crippen LogP) is 3.40. The summed E-state index contributed by atoms with van der Waals surface area (Å²) in [6.45, 7) is 3.65. The molecule has 3 rings (SSSR count). The van der Waals surface area contributed by atoms with E-state index in [9.17, 15) is 4.79 Å². The standard InChI is InChI=1S/C21H25ClN2O2/c1-15(26-21(25)17-6-4-3-5-7-17)20-13-23-19(14-24(20)2)12-16-8-10-18(22)11-9-16/h3-11,15,19-20,23H,12-14H2,1-2H3/t15?,19-,20+/m0/s1. The third kappa shape index (κ3) is 4.85. The molecule has 1 fully saturated rings. The van der Waals surface area contributed by atoms with Crippen LogP contribution in [0.5, 0.6) is 0 Å². The van der Waals surface area contributed by atoms with Gasteiger partial charge in [0, 0.05) is 24.2 Å². The number of likely N-dealkylation sites (N-methyl/N-ethyl adjacent to an activating group) is 1. The molecule has 2 aromatic carbocycles. The number of carbonyl (C=O) groups is 1. The van der Waals surface area contributed by atoms with E-state index in [-0.39, 0.29) is 18.1 Å². The van der Waals surface area contributed by atoms with Gasteiger partial charge in [0.05, 0.1) is 11.6 Å². The van der Waals surface area contributed by atoms with Crippen LogP contribution in [0.4, 0.5) is 0 Å². The Morgan fingerprint density at radius 2 is 1.92 bits per heavy atom. The molecule has 0 amide bonds. The Hall–Kier alpha value is -1.88. The molecule has 1 N–H and O–H groups in total. The highest BCUT2D eigenvalue weighted by molar-refractivity contribution is 6.30. The molecule has 26 heavy (non-hydrogen) atoms. The number of halogens is 1. The second kappa shape index (κ2) is 8.67. The Bertz CT molecular complexity index is 721. The van der Waals surface area contributed by atoms with Crippen LogP contribution >= 0.6 is 11.6 Å². The number of nitrogens with zero attached hydrogens (tertiary/aromatic N) is 1. The van der Waals surface area contributed by atoms with Gasteiger partial charge in [-0.1, -0.05) is 41.9 Å². The molecule has 138 valence electrons. The van der Waals surface area contributed by atoms with Crippen LogP contribution in [-0.2, 0) is 11.2 Å². The summed E-state index contributed by atoms with van der Waals surface area (Å²) in [6, 6.07) is 17.7. The molecule has 1 unspecified atom stereocenters. The normalized spacial score (nSPS) is 22.0. The Balaban J connectivity index is 1.53. The topological polar surface area (TPSA) is 41.6 Å². The highest BCUT2D eigenvalue weighted by atomic mass is 35.5. The lowest BCUT2D eigenvalue weighted by atomic mass is 10.00. The summed E-state index contributed by atoms with van der Waals surface area (Å²) in [4.78, 5) is 14.5. The fourth-order valence-corrected chi connectivity index (χ4v) is 3.57. The minimum Gasteiger partial charge on any atom is -0.457 e. The molecule has 5 heteroatoms.